The molecule has 0 saturated carbocycles. The Kier molecular flexibility index (Phi) is 4.80. The van der Waals surface area contributed by atoms with E-state index >= 15 is 0 Å². The molecule has 0 aromatic heterocycles. The third kappa shape index (κ3) is 3.02. The van der Waals surface area contributed by atoms with Crippen molar-refractivity contribution in [2.24, 2.45) is 0 Å². The molecule has 1 aromatic carbocycles. The van der Waals surface area contributed by atoms with E-state index in [1.807, 2.05) is 56.9 Å². The van der Waals surface area contributed by atoms with Crippen LogP contribution in [0.1, 0.15) is 52.2 Å². The Balaban J connectivity index is 1.94. The number of rotatable bonds is 4. The molecule has 0 aliphatic carbocycles. The molecule has 6 nitrogen and oxygen atoms in total. The largest absolute Gasteiger partial charge is 0.388 e. The van der Waals surface area contributed by atoms with Crippen LogP contribution in [0.15, 0.2) is 48.3 Å². The fourth-order valence-electron chi connectivity index (χ4n) is 3.54. The minimum Gasteiger partial charge on any atom is -0.329 e. The maximum Gasteiger partial charge on any atom is 0.388 e. The van der Waals surface area contributed by atoms with Crippen LogP contribution >= 0.6 is 0 Å². The van der Waals surface area contributed by atoms with Crippen LogP contribution in [0.5, 0.6) is 0 Å². The molecule has 0 unspecified atom stereocenters. The summed E-state index contributed by atoms with van der Waals surface area (Å²) in [4.78, 5) is 17.0. The molecule has 1 saturated heterocycles. The third-order valence-corrected chi connectivity index (χ3v) is 6.12. The van der Waals surface area contributed by atoms with Crippen molar-refractivity contribution < 1.29 is 9.97 Å². The Morgan fingerprint density at radius 3 is 2.15 bits per heavy atom. The molecule has 3 rings (SSSR count). The van der Waals surface area contributed by atoms with Crippen molar-refractivity contribution in [2.45, 2.75) is 65.1 Å². The molecule has 1 N–H and O–H groups in total. The molecule has 0 atom stereocenters. The summed E-state index contributed by atoms with van der Waals surface area (Å²) >= 11 is 0. The van der Waals surface area contributed by atoms with Gasteiger partial charge in [0.1, 0.15) is 0 Å². The van der Waals surface area contributed by atoms with Gasteiger partial charge in [0.25, 0.3) is 0 Å². The van der Waals surface area contributed by atoms with Gasteiger partial charge in [0.15, 0.2) is 11.1 Å². The molecule has 2 aliphatic heterocycles. The van der Waals surface area contributed by atoms with E-state index in [1.54, 1.807) is 0 Å². The first-order valence-electron chi connectivity index (χ1n) is 9.57. The number of hydrogen-bond acceptors (Lipinski definition) is 5. The Morgan fingerprint density at radius 1 is 1.04 bits per heavy atom. The lowest BCUT2D eigenvalue weighted by Crippen LogP contribution is -2.50. The Hall–Kier alpha value is -2.34. The second-order valence-electron chi connectivity index (χ2n) is 8.47. The summed E-state index contributed by atoms with van der Waals surface area (Å²) in [5, 5.41) is 12.0. The van der Waals surface area contributed by atoms with E-state index in [4.69, 9.17) is 0 Å². The van der Waals surface area contributed by atoms with Gasteiger partial charge in [-0.25, -0.2) is 5.21 Å². The van der Waals surface area contributed by atoms with E-state index < -0.39 is 11.1 Å². The summed E-state index contributed by atoms with van der Waals surface area (Å²) in [6, 6.07) is 8.59. The normalized spacial score (nSPS) is 23.7. The zero-order chi connectivity index (χ0) is 20.0. The maximum atomic E-state index is 13.1. The number of hydrogen-bond donors (Lipinski definition) is 1. The minimum atomic E-state index is -0.763. The first-order valence-corrected chi connectivity index (χ1v) is 9.57. The fraction of sp³-hybridized carbons (Fsp3) is 0.524. The monoisotopic (exact) mass is 371 g/mol. The molecular formula is C21H31N4O2+. The topological polar surface area (TPSA) is 50.0 Å². The summed E-state index contributed by atoms with van der Waals surface area (Å²) in [5.41, 5.74) is 1.02. The Labute approximate surface area is 161 Å². The van der Waals surface area contributed by atoms with Gasteiger partial charge in [0.05, 0.1) is 0 Å². The molecule has 0 radical (unpaired) electrons. The van der Waals surface area contributed by atoms with Crippen molar-refractivity contribution in [1.82, 2.24) is 14.9 Å². The highest BCUT2D eigenvalue weighted by molar-refractivity contribution is 5.26. The van der Waals surface area contributed by atoms with Crippen molar-refractivity contribution in [3.8, 4) is 0 Å². The van der Waals surface area contributed by atoms with Gasteiger partial charge >= 0.3 is 5.82 Å². The molecule has 0 bridgehead atoms. The Bertz CT molecular complexity index is 793. The zero-order valence-corrected chi connectivity index (χ0v) is 17.2. The molecule has 0 spiro atoms. The van der Waals surface area contributed by atoms with Crippen LogP contribution in [0.2, 0.25) is 0 Å². The van der Waals surface area contributed by atoms with Crippen molar-refractivity contribution in [3.63, 3.8) is 0 Å². The highest BCUT2D eigenvalue weighted by Gasteiger charge is 2.66. The van der Waals surface area contributed by atoms with Gasteiger partial charge in [0.2, 0.25) is 5.82 Å². The van der Waals surface area contributed by atoms with E-state index in [-0.39, 0.29) is 5.82 Å². The molecule has 0 amide bonds. The minimum absolute atomic E-state index is 0.278. The number of nitroso groups, excluding NO2 is 1. The van der Waals surface area contributed by atoms with Gasteiger partial charge in [-0.15, -0.1) is 5.06 Å². The molecule has 2 aliphatic rings. The lowest BCUT2D eigenvalue weighted by molar-refractivity contribution is -0.569. The third-order valence-electron chi connectivity index (χ3n) is 6.12. The van der Waals surface area contributed by atoms with E-state index in [0.29, 0.717) is 12.4 Å². The highest BCUT2D eigenvalue weighted by atomic mass is 16.5. The maximum absolute atomic E-state index is 13.1. The first kappa shape index (κ1) is 19.4. The van der Waals surface area contributed by atoms with Crippen LogP contribution in [0, 0.1) is 4.91 Å². The lowest BCUT2D eigenvalue weighted by atomic mass is 9.84. The molecule has 146 valence electrons. The SMILES string of the molecule is CCCc1ccc(CN2C=CN(C)C2=C2N(O)C(C)(C)C(C)(C)[N+]2=O)cc1. The number of nitrogens with zero attached hydrogens (tertiary/aromatic N) is 4. The summed E-state index contributed by atoms with van der Waals surface area (Å²) in [6.45, 7) is 10.3. The standard InChI is InChI=1S/C21H31N4O2/c1-7-8-16-9-11-17(12-10-16)15-23-14-13-22(6)18(23)19-24(26)20(2,3)21(4,5)25(19)27/h9-14,26H,7-8,15H2,1-6H3/q+1. The second kappa shape index (κ2) is 6.68. The van der Waals surface area contributed by atoms with Crippen molar-refractivity contribution in [3.05, 3.63) is 64.3 Å². The lowest BCUT2D eigenvalue weighted by Gasteiger charge is -2.27. The first-order chi connectivity index (χ1) is 12.6. The van der Waals surface area contributed by atoms with E-state index in [9.17, 15) is 10.1 Å². The average molecular weight is 372 g/mol. The van der Waals surface area contributed by atoms with Crippen LogP contribution in [-0.2, 0) is 13.0 Å². The number of aryl methyl sites for hydroxylation is 1. The van der Waals surface area contributed by atoms with Crippen molar-refractivity contribution in [2.75, 3.05) is 7.05 Å². The van der Waals surface area contributed by atoms with Crippen molar-refractivity contribution >= 4 is 0 Å². The van der Waals surface area contributed by atoms with Crippen molar-refractivity contribution in [1.29, 1.82) is 0 Å². The summed E-state index contributed by atoms with van der Waals surface area (Å²) in [5.74, 6) is 0.962. The van der Waals surface area contributed by atoms with Crippen LogP contribution in [-0.4, -0.2) is 43.0 Å². The van der Waals surface area contributed by atoms with Crippen LogP contribution in [0.3, 0.4) is 0 Å². The van der Waals surface area contributed by atoms with Gasteiger partial charge < -0.3 is 9.80 Å². The van der Waals surface area contributed by atoms with Gasteiger partial charge in [-0.1, -0.05) is 42.5 Å². The van der Waals surface area contributed by atoms with Gasteiger partial charge in [-0.05, 0) is 50.0 Å². The molecule has 2 heterocycles. The number of hydroxylamine groups is 2. The summed E-state index contributed by atoms with van der Waals surface area (Å²) < 4.78 is 0.934. The number of benzene rings is 1. The van der Waals surface area contributed by atoms with E-state index in [0.717, 1.165) is 28.2 Å². The second-order valence-corrected chi connectivity index (χ2v) is 8.47. The summed E-state index contributed by atoms with van der Waals surface area (Å²) in [6.07, 6.45) is 6.07. The van der Waals surface area contributed by atoms with Gasteiger partial charge in [0, 0.05) is 26.0 Å². The highest BCUT2D eigenvalue weighted by Crippen LogP contribution is 2.43. The van der Waals surface area contributed by atoms with Gasteiger partial charge in [-0.2, -0.15) is 0 Å². The molecule has 27 heavy (non-hydrogen) atoms. The predicted octanol–water partition coefficient (Wildman–Crippen LogP) is 4.03. The molecular weight excluding hydrogens is 340 g/mol. The van der Waals surface area contributed by atoms with E-state index in [2.05, 4.69) is 31.2 Å². The summed E-state index contributed by atoms with van der Waals surface area (Å²) in [7, 11) is 1.89. The zero-order valence-electron chi connectivity index (χ0n) is 17.2. The van der Waals surface area contributed by atoms with E-state index in [1.165, 1.54) is 5.56 Å². The smallest absolute Gasteiger partial charge is 0.329 e. The molecule has 6 heteroatoms. The Morgan fingerprint density at radius 2 is 1.63 bits per heavy atom. The van der Waals surface area contributed by atoms with Crippen LogP contribution in [0.25, 0.3) is 0 Å². The molecule has 1 aromatic rings. The average Bonchev–Trinajstić information content (AvgIpc) is 3.01. The van der Waals surface area contributed by atoms with Crippen LogP contribution in [0.4, 0.5) is 0 Å². The predicted molar refractivity (Wildman–Crippen MR) is 105 cm³/mol. The quantitative estimate of drug-likeness (QED) is 0.810. The van der Waals surface area contributed by atoms with Crippen LogP contribution < -0.4 is 0 Å². The van der Waals surface area contributed by atoms with Gasteiger partial charge in [-0.3, -0.25) is 0 Å². The fourth-order valence-corrected chi connectivity index (χ4v) is 3.54. The molecule has 1 fully saturated rings.